The van der Waals surface area contributed by atoms with Crippen LogP contribution in [-0.4, -0.2) is 34.5 Å². The second-order valence-electron chi connectivity index (χ2n) is 4.59. The highest BCUT2D eigenvalue weighted by molar-refractivity contribution is 5.44. The molecule has 1 aliphatic rings. The molecule has 19 heavy (non-hydrogen) atoms. The second-order valence-corrected chi connectivity index (χ2v) is 4.59. The molecule has 0 spiro atoms. The lowest BCUT2D eigenvalue weighted by Crippen LogP contribution is -2.50. The first-order valence-electron chi connectivity index (χ1n) is 6.09. The number of benzene rings is 1. The van der Waals surface area contributed by atoms with E-state index >= 15 is 0 Å². The van der Waals surface area contributed by atoms with Gasteiger partial charge < -0.3 is 19.5 Å². The minimum absolute atomic E-state index is 0.132. The lowest BCUT2D eigenvalue weighted by atomic mass is 9.76. The first-order chi connectivity index (χ1) is 9.20. The number of nitrogens with one attached hydrogen (secondary N) is 1. The van der Waals surface area contributed by atoms with Gasteiger partial charge in [0.2, 0.25) is 0 Å². The van der Waals surface area contributed by atoms with E-state index in [1.54, 1.807) is 14.2 Å². The number of ether oxygens (including phenoxy) is 3. The first-order valence-corrected chi connectivity index (χ1v) is 6.09. The van der Waals surface area contributed by atoms with Crippen LogP contribution in [0.5, 0.6) is 11.5 Å². The number of nitriles is 1. The number of hydrogen-bond acceptors (Lipinski definition) is 5. The van der Waals surface area contributed by atoms with Crippen LogP contribution in [0.3, 0.4) is 0 Å². The predicted octanol–water partition coefficient (Wildman–Crippen LogP) is 1.50. The van der Waals surface area contributed by atoms with E-state index in [4.69, 9.17) is 14.2 Å². The zero-order chi connectivity index (χ0) is 13.9. The van der Waals surface area contributed by atoms with Crippen molar-refractivity contribution >= 4 is 0 Å². The van der Waals surface area contributed by atoms with E-state index in [-0.39, 0.29) is 6.04 Å². The van der Waals surface area contributed by atoms with Crippen LogP contribution >= 0.6 is 0 Å². The monoisotopic (exact) mass is 262 g/mol. The summed E-state index contributed by atoms with van der Waals surface area (Å²) in [5.74, 6) is 1.44. The first kappa shape index (κ1) is 13.7. The van der Waals surface area contributed by atoms with Crippen LogP contribution in [0.4, 0.5) is 0 Å². The Bertz CT molecular complexity index is 492. The minimum atomic E-state index is -0.531. The summed E-state index contributed by atoms with van der Waals surface area (Å²) in [4.78, 5) is 0. The molecule has 1 atom stereocenters. The molecule has 0 aromatic heterocycles. The van der Waals surface area contributed by atoms with Crippen molar-refractivity contribution in [3.05, 3.63) is 23.8 Å². The third-order valence-electron chi connectivity index (χ3n) is 3.53. The molecule has 2 rings (SSSR count). The lowest BCUT2D eigenvalue weighted by Gasteiger charge is -2.41. The Morgan fingerprint density at radius 1 is 1.37 bits per heavy atom. The second kappa shape index (κ2) is 5.47. The van der Waals surface area contributed by atoms with Crippen LogP contribution in [0.25, 0.3) is 0 Å². The van der Waals surface area contributed by atoms with Crippen LogP contribution < -0.4 is 14.8 Å². The topological polar surface area (TPSA) is 63.5 Å². The molecule has 0 saturated carbocycles. The van der Waals surface area contributed by atoms with Crippen molar-refractivity contribution in [2.75, 3.05) is 34.5 Å². The van der Waals surface area contributed by atoms with Crippen molar-refractivity contribution < 1.29 is 14.2 Å². The molecule has 1 fully saturated rings. The van der Waals surface area contributed by atoms with Gasteiger partial charge in [0.1, 0.15) is 16.9 Å². The van der Waals surface area contributed by atoms with E-state index in [2.05, 4.69) is 11.4 Å². The standard InChI is InChI=1S/C14H18N2O3/c1-16-13(14(7-15)8-19-9-14)11-5-4-10(17-2)6-12(11)18-3/h4-6,13,16H,8-9H2,1-3H3. The number of nitrogens with zero attached hydrogens (tertiary/aromatic N) is 1. The Kier molecular flexibility index (Phi) is 3.93. The molecule has 0 bridgehead atoms. The number of rotatable bonds is 5. The Labute approximate surface area is 113 Å². The Hall–Kier alpha value is -1.77. The molecule has 0 radical (unpaired) electrons. The Morgan fingerprint density at radius 2 is 2.11 bits per heavy atom. The third-order valence-corrected chi connectivity index (χ3v) is 3.53. The van der Waals surface area contributed by atoms with Crippen LogP contribution in [0.15, 0.2) is 18.2 Å². The lowest BCUT2D eigenvalue weighted by molar-refractivity contribution is -0.0966. The van der Waals surface area contributed by atoms with Crippen molar-refractivity contribution in [2.45, 2.75) is 6.04 Å². The average molecular weight is 262 g/mol. The molecular weight excluding hydrogens is 244 g/mol. The molecule has 0 amide bonds. The van der Waals surface area contributed by atoms with E-state index in [9.17, 15) is 5.26 Å². The maximum Gasteiger partial charge on any atom is 0.127 e. The minimum Gasteiger partial charge on any atom is -0.497 e. The van der Waals surface area contributed by atoms with Gasteiger partial charge in [-0.25, -0.2) is 0 Å². The van der Waals surface area contributed by atoms with Crippen LogP contribution in [-0.2, 0) is 4.74 Å². The zero-order valence-corrected chi connectivity index (χ0v) is 11.4. The Morgan fingerprint density at radius 3 is 2.53 bits per heavy atom. The van der Waals surface area contributed by atoms with Gasteiger partial charge in [0.15, 0.2) is 0 Å². The molecule has 5 nitrogen and oxygen atoms in total. The van der Waals surface area contributed by atoms with E-state index in [1.807, 2.05) is 25.2 Å². The molecule has 1 saturated heterocycles. The molecule has 0 aliphatic carbocycles. The smallest absolute Gasteiger partial charge is 0.127 e. The average Bonchev–Trinajstić information content (AvgIpc) is 2.42. The van der Waals surface area contributed by atoms with Crippen molar-refractivity contribution in [1.82, 2.24) is 5.32 Å². The molecule has 5 heteroatoms. The van der Waals surface area contributed by atoms with Crippen LogP contribution in [0.2, 0.25) is 0 Å². The Balaban J connectivity index is 2.41. The highest BCUT2D eigenvalue weighted by Gasteiger charge is 2.47. The van der Waals surface area contributed by atoms with Crippen molar-refractivity contribution in [3.63, 3.8) is 0 Å². The van der Waals surface area contributed by atoms with Gasteiger partial charge in [0, 0.05) is 11.6 Å². The van der Waals surface area contributed by atoms with Gasteiger partial charge >= 0.3 is 0 Å². The van der Waals surface area contributed by atoms with Gasteiger partial charge in [-0.15, -0.1) is 0 Å². The summed E-state index contributed by atoms with van der Waals surface area (Å²) in [6, 6.07) is 7.86. The normalized spacial score (nSPS) is 18.0. The SMILES string of the molecule is CNC(c1ccc(OC)cc1OC)C1(C#N)COC1. The predicted molar refractivity (Wildman–Crippen MR) is 70.2 cm³/mol. The molecule has 1 N–H and O–H groups in total. The summed E-state index contributed by atoms with van der Waals surface area (Å²) in [7, 11) is 5.06. The molecule has 1 aromatic rings. The number of methoxy groups -OCH3 is 2. The van der Waals surface area contributed by atoms with Crippen molar-refractivity contribution in [3.8, 4) is 17.6 Å². The van der Waals surface area contributed by atoms with Gasteiger partial charge in [0.05, 0.1) is 39.5 Å². The fourth-order valence-corrected chi connectivity index (χ4v) is 2.40. The molecule has 1 aliphatic heterocycles. The van der Waals surface area contributed by atoms with Crippen molar-refractivity contribution in [2.24, 2.45) is 5.41 Å². The van der Waals surface area contributed by atoms with E-state index in [0.717, 1.165) is 11.3 Å². The maximum absolute atomic E-state index is 9.43. The zero-order valence-electron chi connectivity index (χ0n) is 11.4. The highest BCUT2D eigenvalue weighted by atomic mass is 16.5. The summed E-state index contributed by atoms with van der Waals surface area (Å²) in [6.07, 6.45) is 0. The van der Waals surface area contributed by atoms with Gasteiger partial charge in [0.25, 0.3) is 0 Å². The van der Waals surface area contributed by atoms with Gasteiger partial charge in [-0.1, -0.05) is 6.07 Å². The van der Waals surface area contributed by atoms with Crippen LogP contribution in [0.1, 0.15) is 11.6 Å². The van der Waals surface area contributed by atoms with E-state index in [0.29, 0.717) is 19.0 Å². The van der Waals surface area contributed by atoms with Gasteiger partial charge in [-0.2, -0.15) is 5.26 Å². The van der Waals surface area contributed by atoms with Gasteiger partial charge in [-0.05, 0) is 13.1 Å². The molecule has 1 aromatic carbocycles. The van der Waals surface area contributed by atoms with Crippen LogP contribution in [0, 0.1) is 16.7 Å². The quantitative estimate of drug-likeness (QED) is 0.871. The highest BCUT2D eigenvalue weighted by Crippen LogP contribution is 2.43. The fraction of sp³-hybridized carbons (Fsp3) is 0.500. The molecule has 102 valence electrons. The fourth-order valence-electron chi connectivity index (χ4n) is 2.40. The summed E-state index contributed by atoms with van der Waals surface area (Å²) in [5, 5.41) is 12.6. The van der Waals surface area contributed by atoms with Gasteiger partial charge in [-0.3, -0.25) is 0 Å². The third kappa shape index (κ3) is 2.25. The largest absolute Gasteiger partial charge is 0.497 e. The molecule has 1 heterocycles. The number of hydrogen-bond donors (Lipinski definition) is 1. The van der Waals surface area contributed by atoms with E-state index < -0.39 is 5.41 Å². The summed E-state index contributed by atoms with van der Waals surface area (Å²) in [6.45, 7) is 0.869. The summed E-state index contributed by atoms with van der Waals surface area (Å²) in [5.41, 5.74) is 0.409. The van der Waals surface area contributed by atoms with Crippen molar-refractivity contribution in [1.29, 1.82) is 5.26 Å². The van der Waals surface area contributed by atoms with E-state index in [1.165, 1.54) is 0 Å². The molecular formula is C14H18N2O3. The molecule has 1 unspecified atom stereocenters. The summed E-state index contributed by atoms with van der Waals surface area (Å²) < 4.78 is 15.8. The maximum atomic E-state index is 9.43. The summed E-state index contributed by atoms with van der Waals surface area (Å²) >= 11 is 0.